The number of carbonyl (C=O) groups is 1. The van der Waals surface area contributed by atoms with Crippen LogP contribution in [-0.4, -0.2) is 39.7 Å². The molecule has 132 valence electrons. The van der Waals surface area contributed by atoms with E-state index in [0.717, 1.165) is 29.8 Å². The lowest BCUT2D eigenvalue weighted by atomic mass is 10.1. The van der Waals surface area contributed by atoms with Crippen LogP contribution in [0.15, 0.2) is 61.3 Å². The van der Waals surface area contributed by atoms with Gasteiger partial charge in [-0.2, -0.15) is 0 Å². The Labute approximate surface area is 151 Å². The summed E-state index contributed by atoms with van der Waals surface area (Å²) in [5, 5.41) is 3.01. The molecule has 1 saturated heterocycles. The molecule has 1 amide bonds. The van der Waals surface area contributed by atoms with Crippen molar-refractivity contribution in [3.05, 3.63) is 72.4 Å². The molecule has 1 aliphatic rings. The first kappa shape index (κ1) is 16.5. The molecule has 1 atom stereocenters. The van der Waals surface area contributed by atoms with Crippen molar-refractivity contribution in [3.63, 3.8) is 0 Å². The third kappa shape index (κ3) is 3.81. The number of rotatable bonds is 5. The fourth-order valence-electron chi connectivity index (χ4n) is 3.02. The van der Waals surface area contributed by atoms with E-state index in [1.54, 1.807) is 12.5 Å². The third-order valence-corrected chi connectivity index (χ3v) is 4.43. The number of aromatic nitrogens is 3. The first-order valence-corrected chi connectivity index (χ1v) is 8.68. The molecular formula is C20H20N4O2. The molecule has 1 fully saturated rings. The van der Waals surface area contributed by atoms with Gasteiger partial charge in [0.15, 0.2) is 0 Å². The average molecular weight is 348 g/mol. The van der Waals surface area contributed by atoms with Gasteiger partial charge in [0.25, 0.3) is 5.91 Å². The molecule has 0 aliphatic carbocycles. The van der Waals surface area contributed by atoms with Gasteiger partial charge < -0.3 is 14.6 Å². The number of imidazole rings is 1. The van der Waals surface area contributed by atoms with E-state index < -0.39 is 0 Å². The predicted molar refractivity (Wildman–Crippen MR) is 97.7 cm³/mol. The molecule has 4 rings (SSSR count). The topological polar surface area (TPSA) is 69.0 Å². The van der Waals surface area contributed by atoms with Crippen LogP contribution in [-0.2, 0) is 11.3 Å². The summed E-state index contributed by atoms with van der Waals surface area (Å²) in [4.78, 5) is 21.0. The highest BCUT2D eigenvalue weighted by molar-refractivity contribution is 5.95. The van der Waals surface area contributed by atoms with Crippen molar-refractivity contribution >= 4 is 5.91 Å². The van der Waals surface area contributed by atoms with Crippen LogP contribution in [0.4, 0.5) is 0 Å². The van der Waals surface area contributed by atoms with Crippen LogP contribution in [0.2, 0.25) is 0 Å². The Morgan fingerprint density at radius 3 is 3.00 bits per heavy atom. The second-order valence-electron chi connectivity index (χ2n) is 6.40. The van der Waals surface area contributed by atoms with E-state index in [1.165, 1.54) is 0 Å². The highest BCUT2D eigenvalue weighted by Crippen LogP contribution is 2.19. The quantitative estimate of drug-likeness (QED) is 0.769. The van der Waals surface area contributed by atoms with Crippen molar-refractivity contribution in [2.75, 3.05) is 13.2 Å². The van der Waals surface area contributed by atoms with Crippen molar-refractivity contribution in [3.8, 4) is 11.3 Å². The summed E-state index contributed by atoms with van der Waals surface area (Å²) in [6.45, 7) is 2.03. The predicted octanol–water partition coefficient (Wildman–Crippen LogP) is 2.51. The number of hydrogen-bond acceptors (Lipinski definition) is 4. The van der Waals surface area contributed by atoms with Crippen LogP contribution >= 0.6 is 0 Å². The summed E-state index contributed by atoms with van der Waals surface area (Å²) >= 11 is 0. The Morgan fingerprint density at radius 2 is 2.27 bits per heavy atom. The van der Waals surface area contributed by atoms with Gasteiger partial charge in [-0.3, -0.25) is 9.78 Å². The normalized spacial score (nSPS) is 16.5. The fraction of sp³-hybridized carbons (Fsp3) is 0.250. The number of benzene rings is 1. The summed E-state index contributed by atoms with van der Waals surface area (Å²) in [6.07, 6.45) is 8.19. The summed E-state index contributed by atoms with van der Waals surface area (Å²) in [5.41, 5.74) is 3.51. The molecular weight excluding hydrogens is 328 g/mol. The Bertz CT molecular complexity index is 869. The maximum atomic E-state index is 12.4. The first-order valence-electron chi connectivity index (χ1n) is 8.68. The van der Waals surface area contributed by atoms with Crippen LogP contribution in [0.25, 0.3) is 11.3 Å². The van der Waals surface area contributed by atoms with Crippen molar-refractivity contribution in [2.24, 2.45) is 0 Å². The van der Waals surface area contributed by atoms with Gasteiger partial charge in [0, 0.05) is 42.9 Å². The zero-order valence-electron chi connectivity index (χ0n) is 14.3. The average Bonchev–Trinajstić information content (AvgIpc) is 3.37. The van der Waals surface area contributed by atoms with E-state index in [1.807, 2.05) is 53.4 Å². The van der Waals surface area contributed by atoms with Gasteiger partial charge >= 0.3 is 0 Å². The van der Waals surface area contributed by atoms with E-state index >= 15 is 0 Å². The maximum Gasteiger partial charge on any atom is 0.251 e. The third-order valence-electron chi connectivity index (χ3n) is 4.43. The van der Waals surface area contributed by atoms with E-state index in [2.05, 4.69) is 15.3 Å². The van der Waals surface area contributed by atoms with Gasteiger partial charge in [-0.15, -0.1) is 0 Å². The van der Waals surface area contributed by atoms with Crippen LogP contribution in [0.3, 0.4) is 0 Å². The Kier molecular flexibility index (Phi) is 4.75. The van der Waals surface area contributed by atoms with E-state index in [-0.39, 0.29) is 11.9 Å². The first-order chi connectivity index (χ1) is 12.8. The van der Waals surface area contributed by atoms with Gasteiger partial charge in [0.05, 0.1) is 24.7 Å². The molecule has 26 heavy (non-hydrogen) atoms. The molecule has 6 heteroatoms. The van der Waals surface area contributed by atoms with Gasteiger partial charge in [-0.05, 0) is 30.2 Å². The number of hydrogen-bond donors (Lipinski definition) is 1. The van der Waals surface area contributed by atoms with Crippen LogP contribution < -0.4 is 5.32 Å². The number of nitrogens with zero attached hydrogens (tertiary/aromatic N) is 3. The Hall–Kier alpha value is -2.99. The fourth-order valence-corrected chi connectivity index (χ4v) is 3.02. The van der Waals surface area contributed by atoms with Crippen LogP contribution in [0, 0.1) is 0 Å². The number of amides is 1. The molecule has 0 saturated carbocycles. The van der Waals surface area contributed by atoms with E-state index in [0.29, 0.717) is 18.8 Å². The summed E-state index contributed by atoms with van der Waals surface area (Å²) in [7, 11) is 0. The number of carbonyl (C=O) groups excluding carboxylic acids is 1. The standard InChI is InChI=1S/C20H20N4O2/c25-20(23-18-6-9-26-13-18)17-3-1-2-16(10-17)19-5-4-15(11-22-19)12-24-8-7-21-14-24/h1-5,7-8,10-11,14,18H,6,9,12-13H2,(H,23,25). The minimum Gasteiger partial charge on any atom is -0.379 e. The molecule has 0 radical (unpaired) electrons. The SMILES string of the molecule is O=C(NC1CCOC1)c1cccc(-c2ccc(Cn3ccnc3)cn2)c1. The van der Waals surface area contributed by atoms with E-state index in [4.69, 9.17) is 4.74 Å². The smallest absolute Gasteiger partial charge is 0.251 e. The molecule has 3 aromatic rings. The van der Waals surface area contributed by atoms with Crippen LogP contribution in [0.1, 0.15) is 22.3 Å². The summed E-state index contributed by atoms with van der Waals surface area (Å²) < 4.78 is 7.30. The van der Waals surface area contributed by atoms with Crippen molar-refractivity contribution in [1.29, 1.82) is 0 Å². The second kappa shape index (κ2) is 7.49. The van der Waals surface area contributed by atoms with Crippen molar-refractivity contribution in [1.82, 2.24) is 19.9 Å². The molecule has 1 aliphatic heterocycles. The van der Waals surface area contributed by atoms with Gasteiger partial charge in [0.1, 0.15) is 0 Å². The molecule has 1 unspecified atom stereocenters. The Morgan fingerprint density at radius 1 is 1.31 bits per heavy atom. The zero-order valence-corrected chi connectivity index (χ0v) is 14.3. The largest absolute Gasteiger partial charge is 0.379 e. The molecule has 1 N–H and O–H groups in total. The molecule has 3 heterocycles. The minimum atomic E-state index is -0.0703. The maximum absolute atomic E-state index is 12.4. The van der Waals surface area contributed by atoms with Gasteiger partial charge in [-0.1, -0.05) is 18.2 Å². The monoisotopic (exact) mass is 348 g/mol. The molecule has 2 aromatic heterocycles. The number of pyridine rings is 1. The van der Waals surface area contributed by atoms with Crippen LogP contribution in [0.5, 0.6) is 0 Å². The minimum absolute atomic E-state index is 0.0703. The lowest BCUT2D eigenvalue weighted by Crippen LogP contribution is -2.34. The molecule has 0 bridgehead atoms. The number of nitrogens with one attached hydrogen (secondary N) is 1. The lowest BCUT2D eigenvalue weighted by molar-refractivity contribution is 0.0930. The zero-order chi connectivity index (χ0) is 17.8. The van der Waals surface area contributed by atoms with Crippen molar-refractivity contribution < 1.29 is 9.53 Å². The lowest BCUT2D eigenvalue weighted by Gasteiger charge is -2.11. The molecule has 6 nitrogen and oxygen atoms in total. The van der Waals surface area contributed by atoms with E-state index in [9.17, 15) is 4.79 Å². The summed E-state index contributed by atoms with van der Waals surface area (Å²) in [5.74, 6) is -0.0703. The molecule has 0 spiro atoms. The highest BCUT2D eigenvalue weighted by atomic mass is 16.5. The van der Waals surface area contributed by atoms with Crippen molar-refractivity contribution in [2.45, 2.75) is 19.0 Å². The second-order valence-corrected chi connectivity index (χ2v) is 6.40. The molecule has 1 aromatic carbocycles. The Balaban J connectivity index is 1.47. The number of ether oxygens (including phenoxy) is 1. The highest BCUT2D eigenvalue weighted by Gasteiger charge is 2.18. The van der Waals surface area contributed by atoms with Gasteiger partial charge in [0.2, 0.25) is 0 Å². The summed E-state index contributed by atoms with van der Waals surface area (Å²) in [6, 6.07) is 11.7. The van der Waals surface area contributed by atoms with Gasteiger partial charge in [-0.25, -0.2) is 4.98 Å².